The molecule has 0 atom stereocenters. The first-order valence-electron chi connectivity index (χ1n) is 12.1. The molecule has 0 heterocycles. The molecule has 2 rings (SSSR count). The van der Waals surface area contributed by atoms with E-state index in [2.05, 4.69) is 37.3 Å². The van der Waals surface area contributed by atoms with Crippen LogP contribution in [0.25, 0.3) is 0 Å². The van der Waals surface area contributed by atoms with Gasteiger partial charge in [0.1, 0.15) is 0 Å². The lowest BCUT2D eigenvalue weighted by molar-refractivity contribution is 0.250. The number of aryl methyl sites for hydroxylation is 2. The van der Waals surface area contributed by atoms with Crippen molar-refractivity contribution in [3.63, 3.8) is 0 Å². The Morgan fingerprint density at radius 1 is 0.828 bits per heavy atom. The first kappa shape index (κ1) is 23.5. The lowest BCUT2D eigenvalue weighted by Gasteiger charge is -2.28. The molecule has 1 saturated carbocycles. The molecule has 0 amide bonds. The molecule has 0 bridgehead atoms. The van der Waals surface area contributed by atoms with Gasteiger partial charge in [-0.1, -0.05) is 101 Å². The monoisotopic (exact) mass is 391 g/mol. The predicted octanol–water partition coefficient (Wildman–Crippen LogP) is 8.35. The minimum atomic E-state index is 0.923. The largest absolute Gasteiger partial charge is 0.193 e. The molecule has 0 unspecified atom stereocenters. The smallest absolute Gasteiger partial charge is 0.0912 e. The summed E-state index contributed by atoms with van der Waals surface area (Å²) in [6.07, 6.45) is 26.4. The van der Waals surface area contributed by atoms with Crippen LogP contribution in [0.5, 0.6) is 0 Å². The first-order chi connectivity index (χ1) is 14.3. The second kappa shape index (κ2) is 15.1. The second-order valence-corrected chi connectivity index (χ2v) is 8.90. The standard InChI is InChI=1S/C28H41N/c1-2-3-7-12-25-16-20-27(21-17-25)14-9-10-15-28-22-18-26(19-23-28)13-8-5-4-6-11-24-29/h4-6,11,16-17,20-21,26,28H,2-3,7-10,12-15,18-19,22-23H2,1H3. The second-order valence-electron chi connectivity index (χ2n) is 8.90. The van der Waals surface area contributed by atoms with E-state index in [9.17, 15) is 0 Å². The normalized spacial score (nSPS) is 19.7. The van der Waals surface area contributed by atoms with Crippen molar-refractivity contribution in [1.82, 2.24) is 0 Å². The minimum Gasteiger partial charge on any atom is -0.193 e. The fraction of sp³-hybridized carbons (Fsp3) is 0.607. The van der Waals surface area contributed by atoms with Crippen LogP contribution in [-0.2, 0) is 12.8 Å². The van der Waals surface area contributed by atoms with Crippen LogP contribution in [0.4, 0.5) is 0 Å². The first-order valence-corrected chi connectivity index (χ1v) is 12.1. The van der Waals surface area contributed by atoms with E-state index < -0.39 is 0 Å². The average Bonchev–Trinajstić information content (AvgIpc) is 2.76. The van der Waals surface area contributed by atoms with E-state index in [1.165, 1.54) is 101 Å². The Kier molecular flexibility index (Phi) is 12.2. The molecular formula is C28H41N. The van der Waals surface area contributed by atoms with Gasteiger partial charge in [0.25, 0.3) is 0 Å². The van der Waals surface area contributed by atoms with Crippen molar-refractivity contribution in [3.8, 4) is 6.07 Å². The lowest BCUT2D eigenvalue weighted by atomic mass is 9.78. The molecule has 0 aliphatic heterocycles. The molecule has 1 nitrogen and oxygen atoms in total. The molecular weight excluding hydrogens is 350 g/mol. The fourth-order valence-electron chi connectivity index (χ4n) is 4.63. The summed E-state index contributed by atoms with van der Waals surface area (Å²) in [5.41, 5.74) is 3.03. The van der Waals surface area contributed by atoms with Gasteiger partial charge in [-0.15, -0.1) is 0 Å². The van der Waals surface area contributed by atoms with Gasteiger partial charge in [0, 0.05) is 6.08 Å². The SMILES string of the molecule is CCCCCc1ccc(CCCCC2CCC(CCC=CC=CC#N)CC2)cc1. The number of rotatable bonds is 13. The maximum atomic E-state index is 8.46. The van der Waals surface area contributed by atoms with E-state index >= 15 is 0 Å². The Hall–Kier alpha value is -1.81. The zero-order valence-electron chi connectivity index (χ0n) is 18.6. The van der Waals surface area contributed by atoms with E-state index in [0.717, 1.165) is 18.3 Å². The van der Waals surface area contributed by atoms with Crippen molar-refractivity contribution in [2.75, 3.05) is 0 Å². The van der Waals surface area contributed by atoms with Crippen molar-refractivity contribution < 1.29 is 0 Å². The Balaban J connectivity index is 1.52. The van der Waals surface area contributed by atoms with Crippen LogP contribution in [-0.4, -0.2) is 0 Å². The summed E-state index contributed by atoms with van der Waals surface area (Å²) in [5, 5.41) is 8.46. The maximum Gasteiger partial charge on any atom is 0.0912 e. The Labute approximate surface area is 179 Å². The quantitative estimate of drug-likeness (QED) is 0.188. The molecule has 0 radical (unpaired) electrons. The molecule has 0 saturated heterocycles. The van der Waals surface area contributed by atoms with Gasteiger partial charge in [-0.2, -0.15) is 5.26 Å². The Morgan fingerprint density at radius 2 is 1.41 bits per heavy atom. The predicted molar refractivity (Wildman–Crippen MR) is 126 cm³/mol. The Bertz CT molecular complexity index is 623. The number of nitriles is 1. The van der Waals surface area contributed by atoms with Crippen LogP contribution >= 0.6 is 0 Å². The summed E-state index contributed by atoms with van der Waals surface area (Å²) in [7, 11) is 0. The molecule has 1 heteroatoms. The molecule has 29 heavy (non-hydrogen) atoms. The number of benzene rings is 1. The highest BCUT2D eigenvalue weighted by Crippen LogP contribution is 2.34. The summed E-state index contributed by atoms with van der Waals surface area (Å²) in [4.78, 5) is 0. The van der Waals surface area contributed by atoms with Crippen LogP contribution in [0, 0.1) is 23.2 Å². The summed E-state index contributed by atoms with van der Waals surface area (Å²) >= 11 is 0. The number of hydrogen-bond donors (Lipinski definition) is 0. The van der Waals surface area contributed by atoms with Crippen molar-refractivity contribution >= 4 is 0 Å². The van der Waals surface area contributed by atoms with E-state index in [1.807, 2.05) is 18.2 Å². The summed E-state index contributed by atoms with van der Waals surface area (Å²) in [6, 6.07) is 11.4. The van der Waals surface area contributed by atoms with Gasteiger partial charge in [0.15, 0.2) is 0 Å². The van der Waals surface area contributed by atoms with Crippen LogP contribution in [0.2, 0.25) is 0 Å². The van der Waals surface area contributed by atoms with Crippen molar-refractivity contribution in [2.45, 2.75) is 96.8 Å². The van der Waals surface area contributed by atoms with Gasteiger partial charge in [-0.3, -0.25) is 0 Å². The third-order valence-electron chi connectivity index (χ3n) is 6.55. The van der Waals surface area contributed by atoms with Gasteiger partial charge in [0.2, 0.25) is 0 Å². The number of hydrogen-bond acceptors (Lipinski definition) is 1. The van der Waals surface area contributed by atoms with Crippen molar-refractivity contribution in [2.24, 2.45) is 11.8 Å². The number of allylic oxidation sites excluding steroid dienone is 4. The summed E-state index contributed by atoms with van der Waals surface area (Å²) in [6.45, 7) is 2.27. The highest BCUT2D eigenvalue weighted by molar-refractivity contribution is 5.22. The molecule has 0 N–H and O–H groups in total. The Morgan fingerprint density at radius 3 is 2.00 bits per heavy atom. The van der Waals surface area contributed by atoms with Gasteiger partial charge >= 0.3 is 0 Å². The number of nitrogens with zero attached hydrogens (tertiary/aromatic N) is 1. The lowest BCUT2D eigenvalue weighted by Crippen LogP contribution is -2.14. The molecule has 1 aliphatic rings. The maximum absolute atomic E-state index is 8.46. The van der Waals surface area contributed by atoms with Gasteiger partial charge < -0.3 is 0 Å². The van der Waals surface area contributed by atoms with E-state index in [-0.39, 0.29) is 0 Å². The zero-order chi connectivity index (χ0) is 20.6. The van der Waals surface area contributed by atoms with Crippen LogP contribution in [0.3, 0.4) is 0 Å². The van der Waals surface area contributed by atoms with E-state index in [1.54, 1.807) is 0 Å². The third kappa shape index (κ3) is 10.5. The molecule has 158 valence electrons. The average molecular weight is 392 g/mol. The molecule has 1 aromatic carbocycles. The highest BCUT2D eigenvalue weighted by Gasteiger charge is 2.20. The fourth-order valence-corrected chi connectivity index (χ4v) is 4.63. The summed E-state index contributed by atoms with van der Waals surface area (Å²) < 4.78 is 0. The topological polar surface area (TPSA) is 23.8 Å². The summed E-state index contributed by atoms with van der Waals surface area (Å²) in [5.74, 6) is 1.90. The van der Waals surface area contributed by atoms with Crippen LogP contribution < -0.4 is 0 Å². The molecule has 1 fully saturated rings. The molecule has 0 spiro atoms. The third-order valence-corrected chi connectivity index (χ3v) is 6.55. The van der Waals surface area contributed by atoms with E-state index in [0.29, 0.717) is 0 Å². The van der Waals surface area contributed by atoms with Crippen LogP contribution in [0.1, 0.15) is 95.1 Å². The van der Waals surface area contributed by atoms with Crippen molar-refractivity contribution in [1.29, 1.82) is 5.26 Å². The zero-order valence-corrected chi connectivity index (χ0v) is 18.6. The molecule has 1 aliphatic carbocycles. The van der Waals surface area contributed by atoms with Gasteiger partial charge in [-0.05, 0) is 61.5 Å². The number of unbranched alkanes of at least 4 members (excludes halogenated alkanes) is 3. The van der Waals surface area contributed by atoms with Gasteiger partial charge in [-0.25, -0.2) is 0 Å². The van der Waals surface area contributed by atoms with Crippen LogP contribution in [0.15, 0.2) is 48.6 Å². The molecule has 1 aromatic rings. The van der Waals surface area contributed by atoms with Gasteiger partial charge in [0.05, 0.1) is 6.07 Å². The highest BCUT2D eigenvalue weighted by atomic mass is 14.3. The van der Waals surface area contributed by atoms with Crippen molar-refractivity contribution in [3.05, 3.63) is 59.7 Å². The van der Waals surface area contributed by atoms with E-state index in [4.69, 9.17) is 5.26 Å². The minimum absolute atomic E-state index is 0.923. The molecule has 0 aromatic heterocycles.